The lowest BCUT2D eigenvalue weighted by Gasteiger charge is -2.15. The van der Waals surface area contributed by atoms with Crippen molar-refractivity contribution in [2.45, 2.75) is 26.3 Å². The van der Waals surface area contributed by atoms with Crippen LogP contribution in [-0.4, -0.2) is 16.4 Å². The molecule has 0 unspecified atom stereocenters. The third-order valence-electron chi connectivity index (χ3n) is 1.64. The highest BCUT2D eigenvalue weighted by atomic mass is 16.1. The molecule has 1 heterocycles. The molecule has 4 N–H and O–H groups in total. The lowest BCUT2D eigenvalue weighted by atomic mass is 10.1. The number of nitrogens with two attached hydrogens (primary N) is 1. The Labute approximate surface area is 88.4 Å². The monoisotopic (exact) mass is 208 g/mol. The summed E-state index contributed by atoms with van der Waals surface area (Å²) in [6, 6.07) is 3.11. The van der Waals surface area contributed by atoms with Crippen molar-refractivity contribution in [2.75, 3.05) is 0 Å². The molecule has 5 heteroatoms. The minimum atomic E-state index is -0.224. The molecule has 1 rings (SSSR count). The number of hydrogen-bond donors (Lipinski definition) is 3. The fourth-order valence-corrected chi connectivity index (χ4v) is 1.07. The molecular formula is C10H16N4O. The molecule has 0 amide bonds. The number of aromatic amines is 1. The molecule has 0 aliphatic heterocycles. The quantitative estimate of drug-likeness (QED) is 0.270. The van der Waals surface area contributed by atoms with E-state index in [-0.39, 0.29) is 11.1 Å². The van der Waals surface area contributed by atoms with Gasteiger partial charge in [0, 0.05) is 17.8 Å². The smallest absolute Gasteiger partial charge is 0.247 e. The van der Waals surface area contributed by atoms with E-state index in [0.717, 1.165) is 5.56 Å². The summed E-state index contributed by atoms with van der Waals surface area (Å²) in [5, 5.41) is 0. The zero-order valence-corrected chi connectivity index (χ0v) is 9.16. The standard InChI is InChI=1S/C10H16N4O/c1-10(2,3)13-9(14-11)7-4-5-8(15)12-6-7/h4-6H,11H2,1-3H3,(H,12,15)(H,13,14). The second kappa shape index (κ2) is 4.27. The molecule has 0 atom stereocenters. The van der Waals surface area contributed by atoms with Crippen molar-refractivity contribution in [1.29, 1.82) is 0 Å². The number of nitrogens with one attached hydrogen (secondary N) is 2. The fourth-order valence-electron chi connectivity index (χ4n) is 1.07. The van der Waals surface area contributed by atoms with Crippen LogP contribution in [0.15, 0.2) is 28.1 Å². The second-order valence-corrected chi connectivity index (χ2v) is 4.22. The first kappa shape index (κ1) is 11.5. The number of nitrogens with zero attached hydrogens (tertiary/aromatic N) is 1. The average Bonchev–Trinajstić information content (AvgIpc) is 2.14. The molecule has 82 valence electrons. The number of hydrazine groups is 1. The van der Waals surface area contributed by atoms with Crippen molar-refractivity contribution in [2.24, 2.45) is 10.8 Å². The van der Waals surface area contributed by atoms with E-state index in [0.29, 0.717) is 5.84 Å². The van der Waals surface area contributed by atoms with Crippen LogP contribution < -0.4 is 16.8 Å². The van der Waals surface area contributed by atoms with E-state index in [2.05, 4.69) is 15.4 Å². The predicted molar refractivity (Wildman–Crippen MR) is 60.7 cm³/mol. The molecule has 0 radical (unpaired) electrons. The van der Waals surface area contributed by atoms with E-state index >= 15 is 0 Å². The summed E-state index contributed by atoms with van der Waals surface area (Å²) >= 11 is 0. The Balaban J connectivity index is 3.08. The molecule has 0 bridgehead atoms. The van der Waals surface area contributed by atoms with Gasteiger partial charge in [0.25, 0.3) is 0 Å². The van der Waals surface area contributed by atoms with Gasteiger partial charge in [-0.3, -0.25) is 9.79 Å². The molecule has 0 fully saturated rings. The SMILES string of the molecule is CC(C)(C)N=C(NN)c1ccc(=O)[nH]c1. The van der Waals surface area contributed by atoms with Crippen molar-refractivity contribution >= 4 is 5.84 Å². The topological polar surface area (TPSA) is 83.3 Å². The van der Waals surface area contributed by atoms with Gasteiger partial charge in [0.15, 0.2) is 0 Å². The second-order valence-electron chi connectivity index (χ2n) is 4.22. The predicted octanol–water partition coefficient (Wildman–Crippen LogP) is 0.383. The number of rotatable bonds is 1. The van der Waals surface area contributed by atoms with Gasteiger partial charge in [0.2, 0.25) is 5.56 Å². The zero-order valence-electron chi connectivity index (χ0n) is 9.16. The van der Waals surface area contributed by atoms with Gasteiger partial charge in [0.05, 0.1) is 5.54 Å². The number of aromatic nitrogens is 1. The lowest BCUT2D eigenvalue weighted by Crippen LogP contribution is -2.34. The van der Waals surface area contributed by atoms with Gasteiger partial charge >= 0.3 is 0 Å². The molecule has 5 nitrogen and oxygen atoms in total. The Bertz CT molecular complexity index is 394. The Morgan fingerprint density at radius 3 is 2.53 bits per heavy atom. The number of amidine groups is 1. The summed E-state index contributed by atoms with van der Waals surface area (Å²) in [5.74, 6) is 5.93. The zero-order chi connectivity index (χ0) is 11.5. The molecule has 0 aliphatic rings. The summed E-state index contributed by atoms with van der Waals surface area (Å²) in [5.41, 5.74) is 2.91. The van der Waals surface area contributed by atoms with Gasteiger partial charge < -0.3 is 10.4 Å². The summed E-state index contributed by atoms with van der Waals surface area (Å²) in [4.78, 5) is 17.8. The van der Waals surface area contributed by atoms with Gasteiger partial charge in [-0.05, 0) is 26.8 Å². The highest BCUT2D eigenvalue weighted by molar-refractivity contribution is 5.98. The van der Waals surface area contributed by atoms with Crippen LogP contribution >= 0.6 is 0 Å². The van der Waals surface area contributed by atoms with E-state index < -0.39 is 0 Å². The third kappa shape index (κ3) is 3.55. The van der Waals surface area contributed by atoms with Crippen LogP contribution in [0.4, 0.5) is 0 Å². The number of H-pyrrole nitrogens is 1. The van der Waals surface area contributed by atoms with Gasteiger partial charge in [-0.1, -0.05) is 0 Å². The van der Waals surface area contributed by atoms with Gasteiger partial charge in [-0.15, -0.1) is 0 Å². The van der Waals surface area contributed by atoms with E-state index in [1.54, 1.807) is 12.3 Å². The molecule has 1 aromatic rings. The molecule has 0 aromatic carbocycles. The highest BCUT2D eigenvalue weighted by Gasteiger charge is 2.10. The van der Waals surface area contributed by atoms with E-state index in [4.69, 9.17) is 5.84 Å². The van der Waals surface area contributed by atoms with E-state index in [1.165, 1.54) is 6.07 Å². The van der Waals surface area contributed by atoms with Crippen LogP contribution in [0.1, 0.15) is 26.3 Å². The summed E-state index contributed by atoms with van der Waals surface area (Å²) in [6.07, 6.45) is 1.58. The number of aliphatic imine (C=N–C) groups is 1. The van der Waals surface area contributed by atoms with Gasteiger partial charge in [0.1, 0.15) is 5.84 Å². The Hall–Kier alpha value is -1.62. The first-order valence-electron chi connectivity index (χ1n) is 4.68. The van der Waals surface area contributed by atoms with Crippen molar-refractivity contribution in [3.05, 3.63) is 34.2 Å². The maximum Gasteiger partial charge on any atom is 0.247 e. The normalized spacial score (nSPS) is 12.7. The molecule has 0 aliphatic carbocycles. The van der Waals surface area contributed by atoms with Crippen molar-refractivity contribution in [1.82, 2.24) is 10.4 Å². The van der Waals surface area contributed by atoms with Crippen LogP contribution in [-0.2, 0) is 0 Å². The first-order valence-corrected chi connectivity index (χ1v) is 4.68. The Kier molecular flexibility index (Phi) is 3.26. The van der Waals surface area contributed by atoms with Gasteiger partial charge in [-0.25, -0.2) is 5.84 Å². The van der Waals surface area contributed by atoms with E-state index in [9.17, 15) is 4.79 Å². The Morgan fingerprint density at radius 2 is 2.13 bits per heavy atom. The molecule has 1 aromatic heterocycles. The van der Waals surface area contributed by atoms with Crippen molar-refractivity contribution in [3.63, 3.8) is 0 Å². The van der Waals surface area contributed by atoms with Crippen LogP contribution in [0, 0.1) is 0 Å². The van der Waals surface area contributed by atoms with Gasteiger partial charge in [-0.2, -0.15) is 0 Å². The lowest BCUT2D eigenvalue weighted by molar-refractivity contribution is 0.580. The highest BCUT2D eigenvalue weighted by Crippen LogP contribution is 2.08. The van der Waals surface area contributed by atoms with Crippen LogP contribution in [0.2, 0.25) is 0 Å². The molecule has 15 heavy (non-hydrogen) atoms. The molecule has 0 saturated carbocycles. The third-order valence-corrected chi connectivity index (χ3v) is 1.64. The van der Waals surface area contributed by atoms with Crippen LogP contribution in [0.3, 0.4) is 0 Å². The summed E-state index contributed by atoms with van der Waals surface area (Å²) in [6.45, 7) is 5.90. The van der Waals surface area contributed by atoms with Crippen molar-refractivity contribution < 1.29 is 0 Å². The largest absolute Gasteiger partial charge is 0.328 e. The Morgan fingerprint density at radius 1 is 1.47 bits per heavy atom. The minimum Gasteiger partial charge on any atom is -0.328 e. The maximum atomic E-state index is 10.9. The number of pyridine rings is 1. The minimum absolute atomic E-state index is 0.147. The first-order chi connectivity index (χ1) is 6.92. The van der Waals surface area contributed by atoms with E-state index in [1.807, 2.05) is 20.8 Å². The molecule has 0 saturated heterocycles. The summed E-state index contributed by atoms with van der Waals surface area (Å²) < 4.78 is 0. The number of hydrogen-bond acceptors (Lipinski definition) is 3. The fraction of sp³-hybridized carbons (Fsp3) is 0.400. The average molecular weight is 208 g/mol. The van der Waals surface area contributed by atoms with Crippen LogP contribution in [0.25, 0.3) is 0 Å². The molecule has 0 spiro atoms. The van der Waals surface area contributed by atoms with Crippen molar-refractivity contribution in [3.8, 4) is 0 Å². The van der Waals surface area contributed by atoms with Crippen LogP contribution in [0.5, 0.6) is 0 Å². The summed E-state index contributed by atoms with van der Waals surface area (Å²) in [7, 11) is 0. The maximum absolute atomic E-state index is 10.9. The molecular weight excluding hydrogens is 192 g/mol.